The summed E-state index contributed by atoms with van der Waals surface area (Å²) in [5.41, 5.74) is 0. The van der Waals surface area contributed by atoms with Gasteiger partial charge in [-0.1, -0.05) is 0 Å². The van der Waals surface area contributed by atoms with Crippen LogP contribution < -0.4 is 10.6 Å². The van der Waals surface area contributed by atoms with Crippen molar-refractivity contribution < 1.29 is 4.74 Å². The molecule has 1 unspecified atom stereocenters. The van der Waals surface area contributed by atoms with Crippen LogP contribution in [-0.2, 0) is 4.74 Å². The van der Waals surface area contributed by atoms with Crippen LogP contribution in [0, 0.1) is 0 Å². The fourth-order valence-electron chi connectivity index (χ4n) is 0.761. The first-order valence-electron chi connectivity index (χ1n) is 4.02. The molecule has 2 rings (SSSR count). The van der Waals surface area contributed by atoms with Crippen LogP contribution in [0.15, 0.2) is 0 Å². The van der Waals surface area contributed by atoms with E-state index in [0.29, 0.717) is 12.0 Å². The van der Waals surface area contributed by atoms with Gasteiger partial charge in [0, 0.05) is 26.2 Å². The van der Waals surface area contributed by atoms with Gasteiger partial charge in [-0.05, 0) is 0 Å². The molecule has 66 valence electrons. The first-order valence-corrected chi connectivity index (χ1v) is 4.56. The van der Waals surface area contributed by atoms with Crippen molar-refractivity contribution >= 4 is 11.6 Å². The van der Waals surface area contributed by atoms with Crippen molar-refractivity contribution in [2.24, 2.45) is 0 Å². The summed E-state index contributed by atoms with van der Waals surface area (Å²) in [7, 11) is 0. The van der Waals surface area contributed by atoms with Crippen LogP contribution in [0.1, 0.15) is 0 Å². The molecule has 2 aliphatic rings. The lowest BCUT2D eigenvalue weighted by molar-refractivity contribution is 0.425. The Morgan fingerprint density at radius 2 is 1.64 bits per heavy atom. The van der Waals surface area contributed by atoms with Gasteiger partial charge >= 0.3 is 0 Å². The van der Waals surface area contributed by atoms with Gasteiger partial charge in [0.1, 0.15) is 0 Å². The normalized spacial score (nSPS) is 28.6. The van der Waals surface area contributed by atoms with E-state index in [9.17, 15) is 0 Å². The van der Waals surface area contributed by atoms with E-state index in [1.165, 1.54) is 0 Å². The Bertz CT molecular complexity index is 82.9. The number of halogens is 1. The molecular weight excluding hydrogens is 164 g/mol. The molecule has 0 aliphatic carbocycles. The van der Waals surface area contributed by atoms with E-state index < -0.39 is 0 Å². The quantitative estimate of drug-likeness (QED) is 0.432. The number of alkyl halides is 1. The van der Waals surface area contributed by atoms with Crippen molar-refractivity contribution in [2.75, 3.05) is 38.7 Å². The summed E-state index contributed by atoms with van der Waals surface area (Å²) >= 11 is 5.27. The molecule has 0 saturated carbocycles. The van der Waals surface area contributed by atoms with E-state index in [0.717, 1.165) is 32.8 Å². The van der Waals surface area contributed by atoms with E-state index in [2.05, 4.69) is 10.6 Å². The molecule has 2 N–H and O–H groups in total. The van der Waals surface area contributed by atoms with Gasteiger partial charge in [0.2, 0.25) is 0 Å². The first-order chi connectivity index (χ1) is 5.43. The van der Waals surface area contributed by atoms with Crippen molar-refractivity contribution in [3.05, 3.63) is 0 Å². The molecule has 2 fully saturated rings. The Kier molecular flexibility index (Phi) is 4.86. The lowest BCUT2D eigenvalue weighted by Gasteiger charge is -2.11. The minimum atomic E-state index is 0.400. The average Bonchev–Trinajstić information content (AvgIpc) is 2.91. The SMILES string of the molecule is C1CNCCN1.ClCC1CO1. The molecule has 0 bridgehead atoms. The standard InChI is InChI=1S/C4H10N2.C3H5ClO/c1-2-6-4-3-5-1;4-1-3-2-5-3/h5-6H,1-4H2;3H,1-2H2. The van der Waals surface area contributed by atoms with Crippen molar-refractivity contribution in [2.45, 2.75) is 6.10 Å². The maximum Gasteiger partial charge on any atom is 0.0944 e. The third kappa shape index (κ3) is 5.44. The Labute approximate surface area is 72.4 Å². The predicted molar refractivity (Wildman–Crippen MR) is 46.2 cm³/mol. The van der Waals surface area contributed by atoms with E-state index >= 15 is 0 Å². The number of hydrogen-bond donors (Lipinski definition) is 2. The number of epoxide rings is 1. The van der Waals surface area contributed by atoms with E-state index in [1.807, 2.05) is 0 Å². The minimum absolute atomic E-state index is 0.400. The van der Waals surface area contributed by atoms with Crippen LogP contribution in [-0.4, -0.2) is 44.8 Å². The number of ether oxygens (including phenoxy) is 1. The summed E-state index contributed by atoms with van der Waals surface area (Å²) in [6.07, 6.45) is 0.400. The second kappa shape index (κ2) is 5.77. The topological polar surface area (TPSA) is 36.6 Å². The molecule has 2 heterocycles. The van der Waals surface area contributed by atoms with E-state index in [4.69, 9.17) is 16.3 Å². The van der Waals surface area contributed by atoms with Crippen molar-refractivity contribution in [1.82, 2.24) is 10.6 Å². The second-order valence-electron chi connectivity index (χ2n) is 2.61. The summed E-state index contributed by atoms with van der Waals surface area (Å²) in [5, 5.41) is 6.44. The highest BCUT2D eigenvalue weighted by atomic mass is 35.5. The number of hydrogen-bond acceptors (Lipinski definition) is 3. The summed E-state index contributed by atoms with van der Waals surface area (Å²) < 4.78 is 4.73. The monoisotopic (exact) mass is 178 g/mol. The van der Waals surface area contributed by atoms with Gasteiger partial charge in [0.15, 0.2) is 0 Å². The largest absolute Gasteiger partial charge is 0.372 e. The summed E-state index contributed by atoms with van der Waals surface area (Å²) in [5.74, 6) is 0.667. The highest BCUT2D eigenvalue weighted by Gasteiger charge is 2.19. The Hall–Kier alpha value is 0.170. The molecule has 0 spiro atoms. The average molecular weight is 179 g/mol. The van der Waals surface area contributed by atoms with Gasteiger partial charge in [0.05, 0.1) is 18.6 Å². The van der Waals surface area contributed by atoms with Crippen LogP contribution in [0.5, 0.6) is 0 Å². The molecular formula is C7H15ClN2O. The first kappa shape index (κ1) is 9.26. The summed E-state index contributed by atoms with van der Waals surface area (Å²) in [6, 6.07) is 0. The smallest absolute Gasteiger partial charge is 0.0944 e. The zero-order valence-corrected chi connectivity index (χ0v) is 7.36. The molecule has 0 aromatic rings. The summed E-state index contributed by atoms with van der Waals surface area (Å²) in [6.45, 7) is 5.43. The van der Waals surface area contributed by atoms with Gasteiger partial charge in [-0.2, -0.15) is 0 Å². The van der Waals surface area contributed by atoms with Gasteiger partial charge in [0.25, 0.3) is 0 Å². The fourth-order valence-corrected chi connectivity index (χ4v) is 0.939. The Morgan fingerprint density at radius 3 is 1.73 bits per heavy atom. The van der Waals surface area contributed by atoms with E-state index in [-0.39, 0.29) is 0 Å². The van der Waals surface area contributed by atoms with Crippen LogP contribution in [0.25, 0.3) is 0 Å². The molecule has 0 amide bonds. The van der Waals surface area contributed by atoms with Gasteiger partial charge in [-0.15, -0.1) is 11.6 Å². The zero-order valence-electron chi connectivity index (χ0n) is 6.61. The van der Waals surface area contributed by atoms with Gasteiger partial charge < -0.3 is 15.4 Å². The highest BCUT2D eigenvalue weighted by Crippen LogP contribution is 2.08. The van der Waals surface area contributed by atoms with Crippen LogP contribution >= 0.6 is 11.6 Å². The van der Waals surface area contributed by atoms with Gasteiger partial charge in [-0.3, -0.25) is 0 Å². The maximum atomic E-state index is 5.27. The second-order valence-corrected chi connectivity index (χ2v) is 2.92. The fraction of sp³-hybridized carbons (Fsp3) is 1.00. The molecule has 3 nitrogen and oxygen atoms in total. The Balaban J connectivity index is 0.000000112. The zero-order chi connectivity index (χ0) is 7.94. The third-order valence-corrected chi connectivity index (χ3v) is 1.88. The molecule has 4 heteroatoms. The third-order valence-electron chi connectivity index (χ3n) is 1.53. The Morgan fingerprint density at radius 1 is 1.18 bits per heavy atom. The van der Waals surface area contributed by atoms with Crippen LogP contribution in [0.2, 0.25) is 0 Å². The molecule has 0 aromatic carbocycles. The molecule has 2 aliphatic heterocycles. The van der Waals surface area contributed by atoms with E-state index in [1.54, 1.807) is 0 Å². The number of piperazine rings is 1. The lowest BCUT2D eigenvalue weighted by Crippen LogP contribution is -2.39. The molecule has 11 heavy (non-hydrogen) atoms. The summed E-state index contributed by atoms with van der Waals surface area (Å²) in [4.78, 5) is 0. The van der Waals surface area contributed by atoms with Crippen molar-refractivity contribution in [3.63, 3.8) is 0 Å². The molecule has 2 saturated heterocycles. The van der Waals surface area contributed by atoms with Crippen molar-refractivity contribution in [3.8, 4) is 0 Å². The predicted octanol–water partition coefficient (Wildman–Crippen LogP) is -0.197. The molecule has 0 radical (unpaired) electrons. The number of rotatable bonds is 1. The van der Waals surface area contributed by atoms with Gasteiger partial charge in [-0.25, -0.2) is 0 Å². The van der Waals surface area contributed by atoms with Crippen LogP contribution in [0.3, 0.4) is 0 Å². The highest BCUT2D eigenvalue weighted by molar-refractivity contribution is 6.18. The maximum absolute atomic E-state index is 5.27. The van der Waals surface area contributed by atoms with Crippen molar-refractivity contribution in [1.29, 1.82) is 0 Å². The molecule has 0 aromatic heterocycles. The minimum Gasteiger partial charge on any atom is -0.372 e. The molecule has 1 atom stereocenters. The van der Waals surface area contributed by atoms with Crippen LogP contribution in [0.4, 0.5) is 0 Å². The lowest BCUT2D eigenvalue weighted by atomic mass is 10.4. The number of nitrogens with one attached hydrogen (secondary N) is 2.